The molecule has 0 saturated carbocycles. The molecule has 1 saturated heterocycles. The van der Waals surface area contributed by atoms with Crippen LogP contribution in [0.3, 0.4) is 0 Å². The van der Waals surface area contributed by atoms with Gasteiger partial charge in [0, 0.05) is 18.7 Å². The number of para-hydroxylation sites is 1. The number of nitrogens with two attached hydrogens (primary N) is 1. The molecule has 1 fully saturated rings. The van der Waals surface area contributed by atoms with E-state index in [0.717, 1.165) is 0 Å². The van der Waals surface area contributed by atoms with Crippen LogP contribution in [-0.4, -0.2) is 62.2 Å². The molecule has 0 spiro atoms. The number of H-pyrrole nitrogens is 1. The zero-order valence-corrected chi connectivity index (χ0v) is 23.3. The van der Waals surface area contributed by atoms with Gasteiger partial charge in [0.1, 0.15) is 23.7 Å². The minimum atomic E-state index is -4.32. The summed E-state index contributed by atoms with van der Waals surface area (Å²) in [6, 6.07) is 7.02. The number of carboxylic acid groups (broad SMARTS) is 1. The second-order valence-electron chi connectivity index (χ2n) is 9.41. The van der Waals surface area contributed by atoms with Crippen molar-refractivity contribution in [1.82, 2.24) is 14.6 Å². The summed E-state index contributed by atoms with van der Waals surface area (Å²) in [5, 5.41) is 19.0. The van der Waals surface area contributed by atoms with E-state index in [9.17, 15) is 24.4 Å². The number of hydrogen-bond acceptors (Lipinski definition) is 9. The Balaban J connectivity index is 1.93. The summed E-state index contributed by atoms with van der Waals surface area (Å²) in [5.41, 5.74) is 5.40. The SMILES string of the molecule is CCC(C)CN([C@H](C)C(=O)O)[P@@](=O)(OC[C@H]1O[C@@](Cl)(c2cnc(=O)[nH]c2N)[C@H](C)[C@@H]1O)Oc1ccccc1. The van der Waals surface area contributed by atoms with Crippen molar-refractivity contribution in [3.05, 3.63) is 52.6 Å². The van der Waals surface area contributed by atoms with Crippen molar-refractivity contribution in [2.45, 2.75) is 57.4 Å². The molecule has 210 valence electrons. The van der Waals surface area contributed by atoms with E-state index in [1.165, 1.54) is 17.8 Å². The summed E-state index contributed by atoms with van der Waals surface area (Å²) >= 11 is 6.75. The van der Waals surface area contributed by atoms with E-state index in [-0.39, 0.29) is 29.6 Å². The Labute approximate surface area is 225 Å². The molecular weight excluding hydrogens is 539 g/mol. The zero-order valence-electron chi connectivity index (χ0n) is 21.6. The number of alkyl halides is 1. The van der Waals surface area contributed by atoms with Crippen molar-refractivity contribution >= 4 is 31.1 Å². The molecule has 7 atom stereocenters. The Hall–Kier alpha value is -2.47. The molecule has 1 aromatic carbocycles. The van der Waals surface area contributed by atoms with Gasteiger partial charge in [-0.2, -0.15) is 4.67 Å². The van der Waals surface area contributed by atoms with Gasteiger partial charge >= 0.3 is 19.4 Å². The molecule has 2 aromatic rings. The highest BCUT2D eigenvalue weighted by Crippen LogP contribution is 2.55. The summed E-state index contributed by atoms with van der Waals surface area (Å²) in [7, 11) is -4.32. The fraction of sp³-hybridized carbons (Fsp3) is 0.542. The maximum absolute atomic E-state index is 14.3. The van der Waals surface area contributed by atoms with Gasteiger partial charge in [-0.25, -0.2) is 14.3 Å². The van der Waals surface area contributed by atoms with Crippen molar-refractivity contribution < 1.29 is 33.4 Å². The Morgan fingerprint density at radius 3 is 2.61 bits per heavy atom. The number of hydrogen-bond donors (Lipinski definition) is 4. The van der Waals surface area contributed by atoms with Crippen LogP contribution >= 0.6 is 19.3 Å². The maximum Gasteiger partial charge on any atom is 0.462 e. The quantitative estimate of drug-likeness (QED) is 0.217. The van der Waals surface area contributed by atoms with Gasteiger partial charge in [-0.15, -0.1) is 0 Å². The minimum absolute atomic E-state index is 0.0346. The molecule has 1 aliphatic heterocycles. The van der Waals surface area contributed by atoms with Crippen LogP contribution < -0.4 is 15.9 Å². The first-order chi connectivity index (χ1) is 17.8. The number of aromatic amines is 1. The Kier molecular flexibility index (Phi) is 9.62. The number of benzene rings is 1. The number of anilines is 1. The summed E-state index contributed by atoms with van der Waals surface area (Å²) < 4.78 is 33.1. The number of nitrogen functional groups attached to an aromatic ring is 1. The second kappa shape index (κ2) is 12.1. The highest BCUT2D eigenvalue weighted by molar-refractivity contribution is 7.51. The number of nitrogens with one attached hydrogen (secondary N) is 1. The molecule has 2 heterocycles. The summed E-state index contributed by atoms with van der Waals surface area (Å²) in [5.74, 6) is -1.86. The third kappa shape index (κ3) is 6.39. The molecule has 0 radical (unpaired) electrons. The molecule has 0 bridgehead atoms. The molecule has 12 nitrogen and oxygen atoms in total. The Bertz CT molecular complexity index is 1220. The van der Waals surface area contributed by atoms with Gasteiger partial charge in [0.05, 0.1) is 18.3 Å². The average Bonchev–Trinajstić information content (AvgIpc) is 3.10. The van der Waals surface area contributed by atoms with Crippen LogP contribution in [0.5, 0.6) is 5.75 Å². The van der Waals surface area contributed by atoms with E-state index in [4.69, 9.17) is 31.1 Å². The topological polar surface area (TPSA) is 177 Å². The standard InChI is InChI=1S/C24H34ClN4O8P/c1-5-14(2)12-29(16(4)22(31)32)38(34,37-17-9-7-6-8-10-17)35-13-19-20(30)15(3)24(25,36-19)18-11-27-23(33)28-21(18)26/h6-11,14-16,19-20,30H,5,12-13H2,1-4H3,(H,31,32)(H3,26,27,28,33)/t14?,15-,16-,19-,20+,24-,38-/m1/s1. The normalized spacial score (nSPS) is 26.6. The van der Waals surface area contributed by atoms with Crippen molar-refractivity contribution in [3.63, 3.8) is 0 Å². The fourth-order valence-electron chi connectivity index (χ4n) is 4.04. The number of aliphatic carboxylic acids is 1. The monoisotopic (exact) mass is 572 g/mol. The largest absolute Gasteiger partial charge is 0.480 e. The summed E-state index contributed by atoms with van der Waals surface area (Å²) in [6.07, 6.45) is -0.449. The summed E-state index contributed by atoms with van der Waals surface area (Å²) in [4.78, 5) is 29.5. The second-order valence-corrected chi connectivity index (χ2v) is 11.9. The van der Waals surface area contributed by atoms with Gasteiger partial charge in [-0.1, -0.05) is 57.0 Å². The van der Waals surface area contributed by atoms with Gasteiger partial charge in [0.15, 0.2) is 5.06 Å². The molecule has 5 N–H and O–H groups in total. The number of carbonyl (C=O) groups is 1. The minimum Gasteiger partial charge on any atom is -0.480 e. The number of halogens is 1. The van der Waals surface area contributed by atoms with Crippen LogP contribution in [0.4, 0.5) is 5.82 Å². The van der Waals surface area contributed by atoms with Gasteiger partial charge in [-0.3, -0.25) is 14.3 Å². The van der Waals surface area contributed by atoms with E-state index in [1.807, 2.05) is 13.8 Å². The molecule has 3 rings (SSSR count). The van der Waals surface area contributed by atoms with E-state index < -0.39 is 55.2 Å². The van der Waals surface area contributed by atoms with E-state index in [1.54, 1.807) is 37.3 Å². The molecular formula is C24H34ClN4O8P. The van der Waals surface area contributed by atoms with E-state index in [2.05, 4.69) is 9.97 Å². The van der Waals surface area contributed by atoms with E-state index >= 15 is 0 Å². The van der Waals surface area contributed by atoms with Crippen LogP contribution in [0.1, 0.15) is 39.7 Å². The van der Waals surface area contributed by atoms with Gasteiger partial charge in [0.25, 0.3) is 0 Å². The first kappa shape index (κ1) is 30.1. The van der Waals surface area contributed by atoms with Crippen LogP contribution in [0.25, 0.3) is 0 Å². The number of aliphatic hydroxyl groups is 1. The van der Waals surface area contributed by atoms with Crippen molar-refractivity contribution in [2.75, 3.05) is 18.9 Å². The first-order valence-corrected chi connectivity index (χ1v) is 14.1. The average molecular weight is 573 g/mol. The number of aliphatic hydroxyl groups excluding tert-OH is 1. The van der Waals surface area contributed by atoms with Crippen molar-refractivity contribution in [3.8, 4) is 5.75 Å². The first-order valence-electron chi connectivity index (χ1n) is 12.2. The lowest BCUT2D eigenvalue weighted by Crippen LogP contribution is -2.41. The zero-order chi connectivity index (χ0) is 28.3. The maximum atomic E-state index is 14.3. The lowest BCUT2D eigenvalue weighted by atomic mass is 9.94. The number of rotatable bonds is 12. The number of nitrogens with zero attached hydrogens (tertiary/aromatic N) is 2. The summed E-state index contributed by atoms with van der Waals surface area (Å²) in [6.45, 7) is 6.49. The van der Waals surface area contributed by atoms with Gasteiger partial charge < -0.3 is 25.2 Å². The number of carboxylic acids is 1. The van der Waals surface area contributed by atoms with Crippen LogP contribution in [0, 0.1) is 11.8 Å². The Morgan fingerprint density at radius 2 is 2.03 bits per heavy atom. The lowest BCUT2D eigenvalue weighted by Gasteiger charge is -2.34. The molecule has 14 heteroatoms. The predicted octanol–water partition coefficient (Wildman–Crippen LogP) is 3.16. The predicted molar refractivity (Wildman–Crippen MR) is 141 cm³/mol. The van der Waals surface area contributed by atoms with Gasteiger partial charge in [-0.05, 0) is 25.0 Å². The van der Waals surface area contributed by atoms with Crippen LogP contribution in [-0.2, 0) is 23.7 Å². The third-order valence-electron chi connectivity index (χ3n) is 6.69. The molecule has 0 amide bonds. The fourth-order valence-corrected chi connectivity index (χ4v) is 6.47. The smallest absolute Gasteiger partial charge is 0.462 e. The highest BCUT2D eigenvalue weighted by Gasteiger charge is 2.54. The third-order valence-corrected chi connectivity index (χ3v) is 9.39. The molecule has 0 aliphatic carbocycles. The van der Waals surface area contributed by atoms with Crippen LogP contribution in [0.15, 0.2) is 41.3 Å². The molecule has 1 aliphatic rings. The highest BCUT2D eigenvalue weighted by atomic mass is 35.5. The number of ether oxygens (including phenoxy) is 1. The van der Waals surface area contributed by atoms with Crippen LogP contribution in [0.2, 0.25) is 0 Å². The number of aromatic nitrogens is 2. The molecule has 38 heavy (non-hydrogen) atoms. The van der Waals surface area contributed by atoms with Crippen molar-refractivity contribution in [1.29, 1.82) is 0 Å². The Morgan fingerprint density at radius 1 is 1.37 bits per heavy atom. The molecule has 1 unspecified atom stereocenters. The van der Waals surface area contributed by atoms with Gasteiger partial charge in [0.2, 0.25) is 0 Å². The van der Waals surface area contributed by atoms with Crippen molar-refractivity contribution in [2.24, 2.45) is 11.8 Å². The lowest BCUT2D eigenvalue weighted by molar-refractivity contribution is -0.141. The molecule has 1 aromatic heterocycles. The van der Waals surface area contributed by atoms with E-state index in [0.29, 0.717) is 6.42 Å².